The number of benzene rings is 2. The summed E-state index contributed by atoms with van der Waals surface area (Å²) < 4.78 is 10.4. The van der Waals surface area contributed by atoms with Crippen molar-refractivity contribution in [3.63, 3.8) is 0 Å². The molecule has 0 aliphatic heterocycles. The van der Waals surface area contributed by atoms with Crippen molar-refractivity contribution in [3.05, 3.63) is 70.6 Å². The fourth-order valence-electron chi connectivity index (χ4n) is 2.36. The van der Waals surface area contributed by atoms with Gasteiger partial charge in [-0.25, -0.2) is 4.79 Å². The van der Waals surface area contributed by atoms with E-state index in [2.05, 4.69) is 0 Å². The van der Waals surface area contributed by atoms with E-state index in [4.69, 9.17) is 9.15 Å². The number of carbonyl (C=O) groups is 1. The number of phenols is 1. The molecule has 2 aromatic carbocycles. The highest BCUT2D eigenvalue weighted by Gasteiger charge is 2.17. The van der Waals surface area contributed by atoms with E-state index >= 15 is 0 Å². The molecule has 25 heavy (non-hydrogen) atoms. The molecule has 0 saturated carbocycles. The Kier molecular flexibility index (Phi) is 5.09. The molecule has 5 nitrogen and oxygen atoms in total. The van der Waals surface area contributed by atoms with Gasteiger partial charge in [0.2, 0.25) is 0 Å². The Hall–Kier alpha value is -2.73. The molecular weight excluding hydrogens is 340 g/mol. The topological polar surface area (TPSA) is 76.7 Å². The summed E-state index contributed by atoms with van der Waals surface area (Å²) >= 11 is 1.41. The van der Waals surface area contributed by atoms with Crippen LogP contribution in [0.3, 0.4) is 0 Å². The van der Waals surface area contributed by atoms with Crippen LogP contribution in [0.2, 0.25) is 0 Å². The van der Waals surface area contributed by atoms with E-state index in [0.29, 0.717) is 10.9 Å². The van der Waals surface area contributed by atoms with Gasteiger partial charge >= 0.3 is 11.6 Å². The lowest BCUT2D eigenvalue weighted by atomic mass is 10.1. The van der Waals surface area contributed by atoms with Crippen LogP contribution in [0.25, 0.3) is 11.0 Å². The van der Waals surface area contributed by atoms with E-state index in [9.17, 15) is 14.7 Å². The van der Waals surface area contributed by atoms with E-state index in [0.717, 1.165) is 4.90 Å². The Morgan fingerprint density at radius 3 is 2.72 bits per heavy atom. The zero-order valence-corrected chi connectivity index (χ0v) is 14.3. The Balaban J connectivity index is 1.72. The lowest BCUT2D eigenvalue weighted by molar-refractivity contribution is -0.143. The van der Waals surface area contributed by atoms with Gasteiger partial charge < -0.3 is 14.3 Å². The molecule has 1 atom stereocenters. The summed E-state index contributed by atoms with van der Waals surface area (Å²) in [6.07, 6.45) is 0. The van der Waals surface area contributed by atoms with Gasteiger partial charge in [-0.2, -0.15) is 0 Å². The minimum absolute atomic E-state index is 0.00215. The number of carbonyl (C=O) groups excluding carboxylic acids is 1. The highest BCUT2D eigenvalue weighted by Crippen LogP contribution is 2.25. The number of hydrogen-bond acceptors (Lipinski definition) is 6. The molecule has 1 N–H and O–H groups in total. The van der Waals surface area contributed by atoms with Crippen LogP contribution in [-0.2, 0) is 16.1 Å². The Morgan fingerprint density at radius 2 is 1.96 bits per heavy atom. The van der Waals surface area contributed by atoms with E-state index in [1.807, 2.05) is 30.3 Å². The maximum atomic E-state index is 12.2. The minimum atomic E-state index is -0.559. The molecule has 0 spiro atoms. The molecule has 0 bridgehead atoms. The Labute approximate surface area is 148 Å². The number of ether oxygens (including phenoxy) is 1. The summed E-state index contributed by atoms with van der Waals surface area (Å²) in [5.74, 6) is -0.369. The third-order valence-corrected chi connectivity index (χ3v) is 4.66. The normalized spacial score (nSPS) is 12.0. The molecule has 128 valence electrons. The smallest absolute Gasteiger partial charge is 0.336 e. The lowest BCUT2D eigenvalue weighted by Gasteiger charge is -2.12. The molecule has 0 saturated heterocycles. The van der Waals surface area contributed by atoms with Crippen LogP contribution in [0.1, 0.15) is 12.5 Å². The number of fused-ring (bicyclic) bond motifs is 1. The van der Waals surface area contributed by atoms with Gasteiger partial charge in [0.05, 0.1) is 0 Å². The van der Waals surface area contributed by atoms with Crippen molar-refractivity contribution >= 4 is 28.7 Å². The summed E-state index contributed by atoms with van der Waals surface area (Å²) in [7, 11) is 0. The first-order valence-electron chi connectivity index (χ1n) is 7.67. The van der Waals surface area contributed by atoms with Gasteiger partial charge in [-0.15, -0.1) is 11.8 Å². The van der Waals surface area contributed by atoms with Crippen molar-refractivity contribution < 1.29 is 19.1 Å². The lowest BCUT2D eigenvalue weighted by Crippen LogP contribution is -2.17. The van der Waals surface area contributed by atoms with Crippen molar-refractivity contribution in [3.8, 4) is 5.75 Å². The van der Waals surface area contributed by atoms with Gasteiger partial charge in [0.25, 0.3) is 0 Å². The Bertz CT molecular complexity index is 949. The molecule has 3 rings (SSSR count). The van der Waals surface area contributed by atoms with Crippen molar-refractivity contribution in [2.45, 2.75) is 23.7 Å². The minimum Gasteiger partial charge on any atom is -0.508 e. The van der Waals surface area contributed by atoms with Crippen LogP contribution in [0, 0.1) is 0 Å². The average molecular weight is 356 g/mol. The highest BCUT2D eigenvalue weighted by molar-refractivity contribution is 8.00. The number of thioether (sulfide) groups is 1. The zero-order chi connectivity index (χ0) is 17.8. The van der Waals surface area contributed by atoms with E-state index < -0.39 is 5.63 Å². The summed E-state index contributed by atoms with van der Waals surface area (Å²) in [6.45, 7) is 1.74. The van der Waals surface area contributed by atoms with Crippen molar-refractivity contribution in [2.75, 3.05) is 0 Å². The Morgan fingerprint density at radius 1 is 1.20 bits per heavy atom. The molecule has 1 heterocycles. The van der Waals surface area contributed by atoms with Gasteiger partial charge in [-0.1, -0.05) is 18.2 Å². The molecule has 0 aliphatic rings. The molecule has 0 fully saturated rings. The van der Waals surface area contributed by atoms with Crippen molar-refractivity contribution in [1.29, 1.82) is 0 Å². The first-order chi connectivity index (χ1) is 12.0. The number of hydrogen-bond donors (Lipinski definition) is 1. The quantitative estimate of drug-likeness (QED) is 0.426. The van der Waals surface area contributed by atoms with Gasteiger partial charge in [0, 0.05) is 28.0 Å². The maximum Gasteiger partial charge on any atom is 0.336 e. The predicted octanol–water partition coefficient (Wildman–Crippen LogP) is 3.72. The van der Waals surface area contributed by atoms with E-state index in [-0.39, 0.29) is 29.2 Å². The van der Waals surface area contributed by atoms with Gasteiger partial charge in [-0.3, -0.25) is 4.79 Å². The molecule has 0 aliphatic carbocycles. The van der Waals surface area contributed by atoms with Gasteiger partial charge in [0.1, 0.15) is 23.2 Å². The second-order valence-corrected chi connectivity index (χ2v) is 6.87. The van der Waals surface area contributed by atoms with Crippen LogP contribution in [0.15, 0.2) is 68.7 Å². The standard InChI is InChI=1S/C19H16O5S/c1-12(25-15-5-3-2-4-6-15)19(22)23-11-13-9-18(21)24-17-10-14(20)7-8-16(13)17/h2-10,12,20H,11H2,1H3/t12-/m1/s1. The summed E-state index contributed by atoms with van der Waals surface area (Å²) in [5.41, 5.74) is 0.234. The fourth-order valence-corrected chi connectivity index (χ4v) is 3.24. The second kappa shape index (κ2) is 7.44. The second-order valence-electron chi connectivity index (χ2n) is 5.45. The molecule has 0 unspecified atom stereocenters. The summed E-state index contributed by atoms with van der Waals surface area (Å²) in [6, 6.07) is 15.3. The van der Waals surface area contributed by atoms with Crippen molar-refractivity contribution in [1.82, 2.24) is 0 Å². The van der Waals surface area contributed by atoms with Crippen LogP contribution < -0.4 is 5.63 Å². The predicted molar refractivity (Wildman–Crippen MR) is 95.7 cm³/mol. The zero-order valence-electron chi connectivity index (χ0n) is 13.5. The number of aromatic hydroxyl groups is 1. The van der Waals surface area contributed by atoms with Gasteiger partial charge in [0.15, 0.2) is 0 Å². The number of esters is 1. The molecular formula is C19H16O5S. The largest absolute Gasteiger partial charge is 0.508 e. The third-order valence-electron chi connectivity index (χ3n) is 3.57. The van der Waals surface area contributed by atoms with Crippen LogP contribution in [0.4, 0.5) is 0 Å². The first-order valence-corrected chi connectivity index (χ1v) is 8.55. The van der Waals surface area contributed by atoms with Crippen LogP contribution >= 0.6 is 11.8 Å². The van der Waals surface area contributed by atoms with Gasteiger partial charge in [-0.05, 0) is 31.2 Å². The van der Waals surface area contributed by atoms with E-state index in [1.165, 1.54) is 30.0 Å². The molecule has 0 radical (unpaired) electrons. The average Bonchev–Trinajstić information content (AvgIpc) is 2.59. The number of rotatable bonds is 5. The molecule has 6 heteroatoms. The van der Waals surface area contributed by atoms with Crippen LogP contribution in [0.5, 0.6) is 5.75 Å². The SMILES string of the molecule is C[C@@H](Sc1ccccc1)C(=O)OCc1cc(=O)oc2cc(O)ccc12. The monoisotopic (exact) mass is 356 g/mol. The number of phenolic OH excluding ortho intramolecular Hbond substituents is 1. The highest BCUT2D eigenvalue weighted by atomic mass is 32.2. The maximum absolute atomic E-state index is 12.2. The molecule has 3 aromatic rings. The first kappa shape index (κ1) is 17.1. The molecule has 0 amide bonds. The van der Waals surface area contributed by atoms with Crippen molar-refractivity contribution in [2.24, 2.45) is 0 Å². The summed E-state index contributed by atoms with van der Waals surface area (Å²) in [4.78, 5) is 24.8. The third kappa shape index (κ3) is 4.22. The van der Waals surface area contributed by atoms with Crippen LogP contribution in [-0.4, -0.2) is 16.3 Å². The fraction of sp³-hybridized carbons (Fsp3) is 0.158. The van der Waals surface area contributed by atoms with E-state index in [1.54, 1.807) is 13.0 Å². The summed E-state index contributed by atoms with van der Waals surface area (Å²) in [5, 5.41) is 9.73. The molecule has 1 aromatic heterocycles.